The zero-order valence-electron chi connectivity index (χ0n) is 18.0. The molecule has 4 rings (SSSR count). The highest BCUT2D eigenvalue weighted by atomic mass is 35.5. The number of rotatable bonds is 4. The first kappa shape index (κ1) is 22.7. The Kier molecular flexibility index (Phi) is 6.31. The van der Waals surface area contributed by atoms with E-state index in [0.29, 0.717) is 31.4 Å². The van der Waals surface area contributed by atoms with Crippen molar-refractivity contribution in [2.45, 2.75) is 19.9 Å². The molecule has 9 heteroatoms. The van der Waals surface area contributed by atoms with Gasteiger partial charge in [0.15, 0.2) is 4.80 Å². The minimum atomic E-state index is -0.749. The number of hydrogen-bond donors (Lipinski definition) is 0. The molecule has 0 unspecified atom stereocenters. The maximum atomic E-state index is 13.5. The van der Waals surface area contributed by atoms with Gasteiger partial charge in [-0.25, -0.2) is 9.79 Å². The number of thiazole rings is 1. The first-order valence-corrected chi connectivity index (χ1v) is 11.1. The fourth-order valence-corrected chi connectivity index (χ4v) is 4.89. The number of ether oxygens (including phenoxy) is 2. The molecule has 1 aromatic heterocycles. The highest BCUT2D eigenvalue weighted by molar-refractivity contribution is 7.07. The molecule has 1 aliphatic rings. The predicted molar refractivity (Wildman–Crippen MR) is 125 cm³/mol. The number of nitrogens with zero attached hydrogens (tertiary/aromatic N) is 2. The van der Waals surface area contributed by atoms with Gasteiger partial charge in [-0.3, -0.25) is 14.2 Å². The molecule has 0 amide bonds. The summed E-state index contributed by atoms with van der Waals surface area (Å²) in [6.07, 6.45) is 1.74. The Balaban J connectivity index is 1.91. The van der Waals surface area contributed by atoms with E-state index in [9.17, 15) is 14.4 Å². The Morgan fingerprint density at radius 3 is 2.55 bits per heavy atom. The number of carbonyl (C=O) groups is 2. The third-order valence-electron chi connectivity index (χ3n) is 5.03. The number of esters is 2. The molecule has 1 atom stereocenters. The monoisotopic (exact) mass is 482 g/mol. The van der Waals surface area contributed by atoms with Crippen LogP contribution in [-0.2, 0) is 14.3 Å². The normalized spacial score (nSPS) is 15.6. The Hall–Kier alpha value is -3.49. The number of benzene rings is 2. The molecule has 1 aliphatic heterocycles. The van der Waals surface area contributed by atoms with Crippen LogP contribution in [0.3, 0.4) is 0 Å². The quantitative estimate of drug-likeness (QED) is 0.421. The van der Waals surface area contributed by atoms with Crippen molar-refractivity contribution < 1.29 is 19.1 Å². The second kappa shape index (κ2) is 9.17. The van der Waals surface area contributed by atoms with Crippen LogP contribution >= 0.6 is 22.9 Å². The minimum Gasteiger partial charge on any atom is -0.466 e. The fraction of sp³-hybridized carbons (Fsp3) is 0.167. The molecule has 7 nitrogen and oxygen atoms in total. The van der Waals surface area contributed by atoms with Crippen molar-refractivity contribution in [3.63, 3.8) is 0 Å². The smallest absolute Gasteiger partial charge is 0.338 e. The molecule has 0 bridgehead atoms. The third kappa shape index (κ3) is 4.53. The van der Waals surface area contributed by atoms with Crippen LogP contribution in [0.2, 0.25) is 5.02 Å². The molecule has 0 saturated carbocycles. The number of hydrogen-bond acceptors (Lipinski definition) is 7. The Labute approximate surface area is 197 Å². The molecule has 2 heterocycles. The SMILES string of the molecule is COC(=O)C1=C(C)N=c2s/c(=C\c3cccc(Cl)c3)c(=O)n2[C@@H]1c1ccc(OC(C)=O)cc1. The summed E-state index contributed by atoms with van der Waals surface area (Å²) in [7, 11) is 1.29. The zero-order chi connectivity index (χ0) is 23.7. The van der Waals surface area contributed by atoms with Gasteiger partial charge in [-0.2, -0.15) is 0 Å². The van der Waals surface area contributed by atoms with Crippen molar-refractivity contribution in [2.24, 2.45) is 4.99 Å². The standard InChI is InChI=1S/C24H19ClN2O5S/c1-13-20(23(30)31-3)21(16-7-9-18(10-8-16)32-14(2)28)27-22(29)19(33-24(27)26-13)12-15-5-4-6-17(25)11-15/h4-12,21H,1-3H3/b19-12-/t21-/m1/s1. The average Bonchev–Trinajstić information content (AvgIpc) is 3.07. The second-order valence-corrected chi connectivity index (χ2v) is 8.74. The van der Waals surface area contributed by atoms with Crippen LogP contribution in [0.1, 0.15) is 31.0 Å². The average molecular weight is 483 g/mol. The van der Waals surface area contributed by atoms with Gasteiger partial charge in [0.25, 0.3) is 5.56 Å². The molecular formula is C24H19ClN2O5S. The summed E-state index contributed by atoms with van der Waals surface area (Å²) in [5, 5.41) is 0.561. The van der Waals surface area contributed by atoms with E-state index in [-0.39, 0.29) is 11.1 Å². The Morgan fingerprint density at radius 1 is 1.18 bits per heavy atom. The maximum absolute atomic E-state index is 13.5. The van der Waals surface area contributed by atoms with Crippen molar-refractivity contribution in [3.8, 4) is 5.75 Å². The summed E-state index contributed by atoms with van der Waals surface area (Å²) in [6.45, 7) is 3.02. The van der Waals surface area contributed by atoms with Crippen molar-refractivity contribution in [1.29, 1.82) is 0 Å². The highest BCUT2D eigenvalue weighted by Gasteiger charge is 2.33. The first-order valence-electron chi connectivity index (χ1n) is 9.93. The van der Waals surface area contributed by atoms with Crippen LogP contribution in [0.15, 0.2) is 69.6 Å². The fourth-order valence-electron chi connectivity index (χ4n) is 3.64. The topological polar surface area (TPSA) is 87.0 Å². The molecule has 0 spiro atoms. The van der Waals surface area contributed by atoms with Crippen molar-refractivity contribution >= 4 is 41.0 Å². The Morgan fingerprint density at radius 2 is 1.91 bits per heavy atom. The molecule has 168 valence electrons. The lowest BCUT2D eigenvalue weighted by Gasteiger charge is -2.24. The van der Waals surface area contributed by atoms with Crippen LogP contribution in [0.4, 0.5) is 0 Å². The first-order chi connectivity index (χ1) is 15.8. The van der Waals surface area contributed by atoms with Crippen LogP contribution in [0, 0.1) is 0 Å². The lowest BCUT2D eigenvalue weighted by Crippen LogP contribution is -2.39. The molecule has 2 aromatic carbocycles. The van der Waals surface area contributed by atoms with E-state index in [4.69, 9.17) is 21.1 Å². The van der Waals surface area contributed by atoms with Gasteiger partial charge in [-0.1, -0.05) is 47.2 Å². The highest BCUT2D eigenvalue weighted by Crippen LogP contribution is 2.31. The summed E-state index contributed by atoms with van der Waals surface area (Å²) in [6, 6.07) is 13.1. The van der Waals surface area contributed by atoms with Crippen molar-refractivity contribution in [1.82, 2.24) is 4.57 Å². The van der Waals surface area contributed by atoms with Crippen LogP contribution in [-0.4, -0.2) is 23.6 Å². The summed E-state index contributed by atoms with van der Waals surface area (Å²) in [4.78, 5) is 42.4. The largest absolute Gasteiger partial charge is 0.466 e. The molecule has 33 heavy (non-hydrogen) atoms. The number of carbonyl (C=O) groups excluding carboxylic acids is 2. The molecule has 3 aromatic rings. The number of aromatic nitrogens is 1. The van der Waals surface area contributed by atoms with E-state index in [1.807, 2.05) is 6.07 Å². The predicted octanol–water partition coefficient (Wildman–Crippen LogP) is 2.99. The minimum absolute atomic E-state index is 0.263. The van der Waals surface area contributed by atoms with E-state index in [1.165, 1.54) is 29.9 Å². The molecule has 0 fully saturated rings. The number of allylic oxidation sites excluding steroid dienone is 1. The lowest BCUT2D eigenvalue weighted by molar-refractivity contribution is -0.136. The van der Waals surface area contributed by atoms with Crippen molar-refractivity contribution in [2.75, 3.05) is 7.11 Å². The van der Waals surface area contributed by atoms with Gasteiger partial charge in [0, 0.05) is 11.9 Å². The van der Waals surface area contributed by atoms with Gasteiger partial charge < -0.3 is 9.47 Å². The van der Waals surface area contributed by atoms with E-state index in [0.717, 1.165) is 5.56 Å². The number of halogens is 1. The number of fused-ring (bicyclic) bond motifs is 1. The van der Waals surface area contributed by atoms with Crippen LogP contribution < -0.4 is 19.6 Å². The maximum Gasteiger partial charge on any atom is 0.338 e. The van der Waals surface area contributed by atoms with E-state index in [1.54, 1.807) is 55.5 Å². The second-order valence-electron chi connectivity index (χ2n) is 7.29. The van der Waals surface area contributed by atoms with Crippen LogP contribution in [0.25, 0.3) is 6.08 Å². The van der Waals surface area contributed by atoms with Crippen LogP contribution in [0.5, 0.6) is 5.75 Å². The summed E-state index contributed by atoms with van der Waals surface area (Å²) in [5.74, 6) is -0.655. The molecule has 0 saturated heterocycles. The summed E-state index contributed by atoms with van der Waals surface area (Å²) >= 11 is 7.31. The zero-order valence-corrected chi connectivity index (χ0v) is 19.6. The molecular weight excluding hydrogens is 464 g/mol. The third-order valence-corrected chi connectivity index (χ3v) is 6.25. The number of methoxy groups -OCH3 is 1. The van der Waals surface area contributed by atoms with Gasteiger partial charge in [0.1, 0.15) is 5.75 Å². The summed E-state index contributed by atoms with van der Waals surface area (Å²) in [5.41, 5.74) is 1.86. The van der Waals surface area contributed by atoms with Gasteiger partial charge in [-0.05, 0) is 48.4 Å². The van der Waals surface area contributed by atoms with E-state index >= 15 is 0 Å². The van der Waals surface area contributed by atoms with E-state index < -0.39 is 18.0 Å². The van der Waals surface area contributed by atoms with E-state index in [2.05, 4.69) is 4.99 Å². The summed E-state index contributed by atoms with van der Waals surface area (Å²) < 4.78 is 12.0. The van der Waals surface area contributed by atoms with Gasteiger partial charge in [-0.15, -0.1) is 0 Å². The van der Waals surface area contributed by atoms with Gasteiger partial charge in [0.2, 0.25) is 0 Å². The molecule has 0 radical (unpaired) electrons. The molecule has 0 aliphatic carbocycles. The van der Waals surface area contributed by atoms with Crippen molar-refractivity contribution in [3.05, 3.63) is 95.6 Å². The molecule has 0 N–H and O–H groups in total. The Bertz CT molecular complexity index is 1470. The van der Waals surface area contributed by atoms with Gasteiger partial charge >= 0.3 is 11.9 Å². The lowest BCUT2D eigenvalue weighted by atomic mass is 9.96. The van der Waals surface area contributed by atoms with Gasteiger partial charge in [0.05, 0.1) is 29.0 Å².